The Hall–Kier alpha value is -2.01. The van der Waals surface area contributed by atoms with Crippen LogP contribution in [-0.4, -0.2) is 25.1 Å². The number of fused-ring (bicyclic) bond motifs is 1. The highest BCUT2D eigenvalue weighted by Gasteiger charge is 2.46. The minimum absolute atomic E-state index is 0.160. The molecule has 1 aliphatic heterocycles. The van der Waals surface area contributed by atoms with Crippen molar-refractivity contribution in [3.05, 3.63) is 52.9 Å². The van der Waals surface area contributed by atoms with Crippen molar-refractivity contribution >= 4 is 23.5 Å². The molecular weight excluding hydrogens is 346 g/mol. The van der Waals surface area contributed by atoms with E-state index in [1.807, 2.05) is 37.4 Å². The Morgan fingerprint density at radius 1 is 1.23 bits per heavy atom. The van der Waals surface area contributed by atoms with Crippen LogP contribution in [0.2, 0.25) is 0 Å². The van der Waals surface area contributed by atoms with Gasteiger partial charge in [-0.3, -0.25) is 4.79 Å². The fraction of sp³-hybridized carbons (Fsp3) is 0.429. The number of nitrogens with one attached hydrogen (secondary N) is 1. The minimum atomic E-state index is -0.384. The largest absolute Gasteiger partial charge is 0.466 e. The average Bonchev–Trinajstić information content (AvgIpc) is 2.59. The molecule has 5 heteroatoms. The molecule has 4 nitrogen and oxygen atoms in total. The number of methoxy groups -OCH3 is 1. The number of Topliss-reactive ketones (excluding diaryl/α,β-unsaturated/α-hetero) is 1. The van der Waals surface area contributed by atoms with Crippen LogP contribution < -0.4 is 5.32 Å². The van der Waals surface area contributed by atoms with E-state index in [2.05, 4.69) is 25.2 Å². The second kappa shape index (κ2) is 6.95. The number of carbonyl (C=O) groups excluding carboxylic acids is 2. The van der Waals surface area contributed by atoms with Crippen LogP contribution in [-0.2, 0) is 14.3 Å². The van der Waals surface area contributed by atoms with E-state index in [1.54, 1.807) is 11.8 Å². The lowest BCUT2D eigenvalue weighted by Crippen LogP contribution is -2.43. The maximum Gasteiger partial charge on any atom is 0.336 e. The van der Waals surface area contributed by atoms with Gasteiger partial charge in [-0.25, -0.2) is 4.79 Å². The normalized spacial score (nSPS) is 24.5. The molecule has 0 saturated heterocycles. The summed E-state index contributed by atoms with van der Waals surface area (Å²) in [4.78, 5) is 26.7. The highest BCUT2D eigenvalue weighted by Crippen LogP contribution is 2.47. The number of ether oxygens (including phenoxy) is 1. The van der Waals surface area contributed by atoms with Gasteiger partial charge in [0.15, 0.2) is 0 Å². The molecule has 1 heterocycles. The van der Waals surface area contributed by atoms with E-state index >= 15 is 0 Å². The number of esters is 1. The summed E-state index contributed by atoms with van der Waals surface area (Å²) in [5, 5.41) is 3.31. The lowest BCUT2D eigenvalue weighted by molar-refractivity contribution is -0.136. The Balaban J connectivity index is 2.18. The fourth-order valence-electron chi connectivity index (χ4n) is 4.02. The lowest BCUT2D eigenvalue weighted by atomic mass is 9.66. The molecule has 1 aromatic rings. The zero-order valence-corrected chi connectivity index (χ0v) is 16.7. The van der Waals surface area contributed by atoms with Crippen LogP contribution >= 0.6 is 11.8 Å². The van der Waals surface area contributed by atoms with Gasteiger partial charge in [-0.15, -0.1) is 11.8 Å². The summed E-state index contributed by atoms with van der Waals surface area (Å²) in [6.07, 6.45) is 4.63. The van der Waals surface area contributed by atoms with Crippen molar-refractivity contribution < 1.29 is 14.3 Å². The number of carbonyl (C=O) groups is 2. The molecule has 0 fully saturated rings. The molecule has 0 spiro atoms. The number of benzene rings is 1. The molecule has 26 heavy (non-hydrogen) atoms. The number of ketones is 1. The van der Waals surface area contributed by atoms with Gasteiger partial charge in [0.2, 0.25) is 0 Å². The van der Waals surface area contributed by atoms with Crippen LogP contribution in [0.25, 0.3) is 0 Å². The molecule has 0 radical (unpaired) electrons. The quantitative estimate of drug-likeness (QED) is 0.642. The maximum atomic E-state index is 13.1. The molecule has 0 aromatic heterocycles. The standard InChI is InChI=1S/C21H25NO3S/c1-12-17(20(24)25-4)18(13-6-8-14(26-5)9-7-13)19-15(22-12)10-21(2,3)11-16(19)23/h6-10,18-19,22H,11H2,1-5H3. The lowest BCUT2D eigenvalue weighted by Gasteiger charge is -2.41. The van der Waals surface area contributed by atoms with Gasteiger partial charge in [-0.1, -0.05) is 32.1 Å². The van der Waals surface area contributed by atoms with Crippen molar-refractivity contribution in [1.82, 2.24) is 5.32 Å². The fourth-order valence-corrected chi connectivity index (χ4v) is 4.43. The first-order chi connectivity index (χ1) is 12.3. The van der Waals surface area contributed by atoms with Gasteiger partial charge in [0, 0.05) is 28.6 Å². The predicted molar refractivity (Wildman–Crippen MR) is 104 cm³/mol. The van der Waals surface area contributed by atoms with Crippen molar-refractivity contribution in [3.8, 4) is 0 Å². The molecule has 2 unspecified atom stereocenters. The van der Waals surface area contributed by atoms with Crippen LogP contribution in [0.5, 0.6) is 0 Å². The smallest absolute Gasteiger partial charge is 0.336 e. The van der Waals surface area contributed by atoms with E-state index in [1.165, 1.54) is 7.11 Å². The monoisotopic (exact) mass is 371 g/mol. The zero-order chi connectivity index (χ0) is 19.1. The molecule has 1 aromatic carbocycles. The Kier molecular flexibility index (Phi) is 5.02. The number of hydrogen-bond donors (Lipinski definition) is 1. The number of hydrogen-bond acceptors (Lipinski definition) is 5. The van der Waals surface area contributed by atoms with Crippen LogP contribution in [0.1, 0.15) is 38.7 Å². The molecule has 2 aliphatic rings. The van der Waals surface area contributed by atoms with Crippen LogP contribution in [0.15, 0.2) is 52.2 Å². The zero-order valence-electron chi connectivity index (χ0n) is 15.9. The summed E-state index contributed by atoms with van der Waals surface area (Å²) in [7, 11) is 1.38. The van der Waals surface area contributed by atoms with E-state index in [4.69, 9.17) is 4.74 Å². The van der Waals surface area contributed by atoms with Crippen molar-refractivity contribution in [2.24, 2.45) is 11.3 Å². The Labute approximate surface area is 159 Å². The van der Waals surface area contributed by atoms with E-state index in [0.717, 1.165) is 21.9 Å². The van der Waals surface area contributed by atoms with E-state index < -0.39 is 0 Å². The minimum Gasteiger partial charge on any atom is -0.466 e. The van der Waals surface area contributed by atoms with Crippen LogP contribution in [0.3, 0.4) is 0 Å². The molecule has 138 valence electrons. The maximum absolute atomic E-state index is 13.1. The summed E-state index contributed by atoms with van der Waals surface area (Å²) in [5.74, 6) is -0.922. The molecule has 0 saturated carbocycles. The van der Waals surface area contributed by atoms with Crippen molar-refractivity contribution in [2.45, 2.75) is 38.0 Å². The summed E-state index contributed by atoms with van der Waals surface area (Å²) < 4.78 is 5.04. The van der Waals surface area contributed by atoms with Gasteiger partial charge in [0.25, 0.3) is 0 Å². The summed E-state index contributed by atoms with van der Waals surface area (Å²) in [5.41, 5.74) is 2.97. The van der Waals surface area contributed by atoms with Gasteiger partial charge in [-0.2, -0.15) is 0 Å². The number of thioether (sulfide) groups is 1. The molecule has 0 amide bonds. The predicted octanol–water partition coefficient (Wildman–Crippen LogP) is 4.04. The molecule has 2 atom stereocenters. The molecular formula is C21H25NO3S. The van der Waals surface area contributed by atoms with Crippen molar-refractivity contribution in [1.29, 1.82) is 0 Å². The van der Waals surface area contributed by atoms with Gasteiger partial charge in [0.1, 0.15) is 5.78 Å². The molecule has 3 rings (SSSR count). The van der Waals surface area contributed by atoms with E-state index in [0.29, 0.717) is 12.0 Å². The Bertz CT molecular complexity index is 805. The van der Waals surface area contributed by atoms with Crippen LogP contribution in [0.4, 0.5) is 0 Å². The summed E-state index contributed by atoms with van der Waals surface area (Å²) in [6, 6.07) is 8.10. The average molecular weight is 372 g/mol. The van der Waals surface area contributed by atoms with Gasteiger partial charge < -0.3 is 10.1 Å². The highest BCUT2D eigenvalue weighted by molar-refractivity contribution is 7.98. The third-order valence-corrected chi connectivity index (χ3v) is 5.86. The van der Waals surface area contributed by atoms with E-state index in [-0.39, 0.29) is 29.0 Å². The third kappa shape index (κ3) is 3.32. The molecule has 0 bridgehead atoms. The van der Waals surface area contributed by atoms with Gasteiger partial charge in [-0.05, 0) is 36.3 Å². The van der Waals surface area contributed by atoms with E-state index in [9.17, 15) is 9.59 Å². The summed E-state index contributed by atoms with van der Waals surface area (Å²) >= 11 is 1.67. The first-order valence-corrected chi connectivity index (χ1v) is 9.95. The second-order valence-electron chi connectivity index (χ2n) is 7.62. The van der Waals surface area contributed by atoms with Crippen molar-refractivity contribution in [3.63, 3.8) is 0 Å². The van der Waals surface area contributed by atoms with Crippen LogP contribution in [0, 0.1) is 11.3 Å². The second-order valence-corrected chi connectivity index (χ2v) is 8.49. The van der Waals surface area contributed by atoms with Gasteiger partial charge >= 0.3 is 5.97 Å². The Morgan fingerprint density at radius 2 is 1.88 bits per heavy atom. The SMILES string of the molecule is COC(=O)C1=C(C)NC2=CC(C)(C)CC(=O)C2C1c1ccc(SC)cc1. The highest BCUT2D eigenvalue weighted by atomic mass is 32.2. The number of allylic oxidation sites excluding steroid dienone is 3. The first-order valence-electron chi connectivity index (χ1n) is 8.73. The first kappa shape index (κ1) is 18.8. The third-order valence-electron chi connectivity index (χ3n) is 5.12. The topological polar surface area (TPSA) is 55.4 Å². The Morgan fingerprint density at radius 3 is 2.46 bits per heavy atom. The van der Waals surface area contributed by atoms with Crippen molar-refractivity contribution in [2.75, 3.05) is 13.4 Å². The number of rotatable bonds is 3. The molecule has 1 N–H and O–H groups in total. The molecule has 1 aliphatic carbocycles. The van der Waals surface area contributed by atoms with Gasteiger partial charge in [0.05, 0.1) is 18.6 Å². The summed E-state index contributed by atoms with van der Waals surface area (Å²) in [6.45, 7) is 6.00.